The number of fused-ring (bicyclic) bond motifs is 1. The van der Waals surface area contributed by atoms with Crippen LogP contribution in [0.4, 0.5) is 0 Å². The molecule has 21 heavy (non-hydrogen) atoms. The van der Waals surface area contributed by atoms with Crippen molar-refractivity contribution in [3.63, 3.8) is 0 Å². The van der Waals surface area contributed by atoms with Crippen LogP contribution >= 0.6 is 0 Å². The van der Waals surface area contributed by atoms with Gasteiger partial charge >= 0.3 is 0 Å². The molecule has 1 aliphatic heterocycles. The van der Waals surface area contributed by atoms with Gasteiger partial charge in [-0.15, -0.1) is 0 Å². The monoisotopic (exact) mass is 294 g/mol. The number of nitrogens with zero attached hydrogens (tertiary/aromatic N) is 1. The molecule has 0 amide bonds. The Morgan fingerprint density at radius 1 is 1.29 bits per heavy atom. The minimum absolute atomic E-state index is 0.117. The lowest BCUT2D eigenvalue weighted by Crippen LogP contribution is -2.38. The van der Waals surface area contributed by atoms with E-state index in [1.54, 1.807) is 12.3 Å². The molecule has 1 aliphatic carbocycles. The Morgan fingerprint density at radius 2 is 1.90 bits per heavy atom. The van der Waals surface area contributed by atoms with Gasteiger partial charge in [-0.05, 0) is 24.7 Å². The number of rotatable bonds is 3. The smallest absolute Gasteiger partial charge is 0.223 e. The average molecular weight is 294 g/mol. The van der Waals surface area contributed by atoms with E-state index in [9.17, 15) is 15.0 Å². The van der Waals surface area contributed by atoms with Gasteiger partial charge in [-0.25, -0.2) is 0 Å². The first-order valence-electron chi connectivity index (χ1n) is 7.41. The first kappa shape index (κ1) is 14.6. The van der Waals surface area contributed by atoms with Crippen molar-refractivity contribution < 1.29 is 14.9 Å². The van der Waals surface area contributed by atoms with E-state index in [1.807, 2.05) is 0 Å². The largest absolute Gasteiger partial charge is 0.491 e. The second-order valence-corrected chi connectivity index (χ2v) is 6.21. The normalized spacial score (nSPS) is 32.9. The first-order valence-corrected chi connectivity index (χ1v) is 7.41. The van der Waals surface area contributed by atoms with Crippen molar-refractivity contribution in [2.75, 3.05) is 20.2 Å². The number of methoxy groups -OCH3 is 1. The summed E-state index contributed by atoms with van der Waals surface area (Å²) >= 11 is 0. The van der Waals surface area contributed by atoms with Crippen LogP contribution in [0.5, 0.6) is 5.75 Å². The maximum Gasteiger partial charge on any atom is 0.223 e. The summed E-state index contributed by atoms with van der Waals surface area (Å²) in [6.07, 6.45) is 1.75. The van der Waals surface area contributed by atoms with Crippen LogP contribution in [0.2, 0.25) is 0 Å². The molecule has 1 aromatic rings. The van der Waals surface area contributed by atoms with Gasteiger partial charge in [0, 0.05) is 37.6 Å². The number of aliphatic hydroxyl groups is 2. The highest BCUT2D eigenvalue weighted by Gasteiger charge is 2.40. The Hall–Kier alpha value is -1.37. The molecule has 3 N–H and O–H groups in total. The summed E-state index contributed by atoms with van der Waals surface area (Å²) in [4.78, 5) is 17.1. The molecular weight excluding hydrogens is 272 g/mol. The molecule has 0 aromatic carbocycles. The molecule has 1 saturated carbocycles. The first-order chi connectivity index (χ1) is 10.1. The third kappa shape index (κ3) is 2.97. The Kier molecular flexibility index (Phi) is 4.01. The molecule has 0 unspecified atom stereocenters. The van der Waals surface area contributed by atoms with Crippen molar-refractivity contribution in [1.29, 1.82) is 0 Å². The van der Waals surface area contributed by atoms with Crippen LogP contribution in [0.3, 0.4) is 0 Å². The molecule has 3 rings (SSSR count). The molecule has 6 heteroatoms. The van der Waals surface area contributed by atoms with Crippen molar-refractivity contribution in [2.24, 2.45) is 11.8 Å². The molecule has 2 aliphatic rings. The van der Waals surface area contributed by atoms with Gasteiger partial charge in [0.2, 0.25) is 5.43 Å². The summed E-state index contributed by atoms with van der Waals surface area (Å²) in [5, 5.41) is 19.5. The van der Waals surface area contributed by atoms with Crippen LogP contribution < -0.4 is 10.2 Å². The number of aromatic amines is 1. The molecule has 0 bridgehead atoms. The van der Waals surface area contributed by atoms with Crippen LogP contribution in [0.25, 0.3) is 0 Å². The van der Waals surface area contributed by atoms with Crippen LogP contribution in [-0.2, 0) is 6.54 Å². The third-order valence-corrected chi connectivity index (χ3v) is 4.74. The average Bonchev–Trinajstić information content (AvgIpc) is 2.81. The quantitative estimate of drug-likeness (QED) is 0.727. The van der Waals surface area contributed by atoms with Gasteiger partial charge in [0.15, 0.2) is 5.75 Å². The van der Waals surface area contributed by atoms with Gasteiger partial charge < -0.3 is 19.9 Å². The molecular formula is C15H22N2O4. The lowest BCUT2D eigenvalue weighted by Gasteiger charge is -2.32. The van der Waals surface area contributed by atoms with E-state index in [4.69, 9.17) is 4.74 Å². The maximum absolute atomic E-state index is 11.8. The van der Waals surface area contributed by atoms with Crippen molar-refractivity contribution in [3.8, 4) is 5.75 Å². The lowest BCUT2D eigenvalue weighted by molar-refractivity contribution is -0.0372. The van der Waals surface area contributed by atoms with Gasteiger partial charge in [-0.2, -0.15) is 0 Å². The number of H-pyrrole nitrogens is 1. The van der Waals surface area contributed by atoms with E-state index >= 15 is 0 Å². The maximum atomic E-state index is 11.8. The Labute approximate surface area is 123 Å². The second-order valence-electron chi connectivity index (χ2n) is 6.21. The fourth-order valence-corrected chi connectivity index (χ4v) is 3.63. The standard InChI is InChI=1S/C15H22N2O4/c1-21-15-5-16-11(4-14(15)20)8-17-6-9-2-12(18)13(19)3-10(9)7-17/h4-5,9-10,12-13,18-19H,2-3,6-8H2,1H3,(H,16,20)/t9-,10+,12+,13-. The molecule has 2 fully saturated rings. The number of hydrogen-bond donors (Lipinski definition) is 3. The Balaban J connectivity index is 1.65. The number of likely N-dealkylation sites (tertiary alicyclic amines) is 1. The predicted molar refractivity (Wildman–Crippen MR) is 77.1 cm³/mol. The zero-order valence-corrected chi connectivity index (χ0v) is 12.2. The van der Waals surface area contributed by atoms with Crippen molar-refractivity contribution in [2.45, 2.75) is 31.6 Å². The van der Waals surface area contributed by atoms with E-state index in [2.05, 4.69) is 9.88 Å². The molecule has 1 aromatic heterocycles. The molecule has 4 atom stereocenters. The number of ether oxygens (including phenoxy) is 1. The fraction of sp³-hybridized carbons (Fsp3) is 0.667. The fourth-order valence-electron chi connectivity index (χ4n) is 3.63. The number of aliphatic hydroxyl groups excluding tert-OH is 2. The number of pyridine rings is 1. The van der Waals surface area contributed by atoms with Gasteiger partial charge in [0.1, 0.15) is 0 Å². The summed E-state index contributed by atoms with van der Waals surface area (Å²) in [5.41, 5.74) is 0.745. The molecule has 0 radical (unpaired) electrons. The molecule has 1 saturated heterocycles. The van der Waals surface area contributed by atoms with Crippen molar-refractivity contribution in [1.82, 2.24) is 9.88 Å². The van der Waals surface area contributed by atoms with E-state index in [0.29, 0.717) is 37.0 Å². The van der Waals surface area contributed by atoms with E-state index in [0.717, 1.165) is 18.8 Å². The van der Waals surface area contributed by atoms with E-state index in [-0.39, 0.29) is 5.43 Å². The van der Waals surface area contributed by atoms with Gasteiger partial charge in [-0.3, -0.25) is 9.69 Å². The predicted octanol–water partition coefficient (Wildman–Crippen LogP) is -0.0529. The zero-order valence-electron chi connectivity index (χ0n) is 12.2. The lowest BCUT2D eigenvalue weighted by atomic mass is 9.79. The van der Waals surface area contributed by atoms with Gasteiger partial charge in [-0.1, -0.05) is 0 Å². The number of nitrogens with one attached hydrogen (secondary N) is 1. The van der Waals surface area contributed by atoms with Crippen molar-refractivity contribution >= 4 is 0 Å². The van der Waals surface area contributed by atoms with Gasteiger partial charge in [0.25, 0.3) is 0 Å². The summed E-state index contributed by atoms with van der Waals surface area (Å²) in [7, 11) is 1.48. The summed E-state index contributed by atoms with van der Waals surface area (Å²) in [5.74, 6) is 1.20. The molecule has 6 nitrogen and oxygen atoms in total. The van der Waals surface area contributed by atoms with Crippen LogP contribution in [0.15, 0.2) is 17.1 Å². The molecule has 2 heterocycles. The minimum atomic E-state index is -0.591. The zero-order chi connectivity index (χ0) is 15.0. The topological polar surface area (TPSA) is 85.8 Å². The number of hydrogen-bond acceptors (Lipinski definition) is 5. The van der Waals surface area contributed by atoms with Crippen LogP contribution in [0.1, 0.15) is 18.5 Å². The van der Waals surface area contributed by atoms with Crippen LogP contribution in [-0.4, -0.2) is 52.5 Å². The van der Waals surface area contributed by atoms with Crippen LogP contribution in [0, 0.1) is 11.8 Å². The SMILES string of the molecule is COc1c[nH]c(CN2C[C@H]3C[C@H](O)[C@H](O)C[C@H]3C2)cc1=O. The highest BCUT2D eigenvalue weighted by Crippen LogP contribution is 2.36. The highest BCUT2D eigenvalue weighted by atomic mass is 16.5. The minimum Gasteiger partial charge on any atom is -0.491 e. The summed E-state index contributed by atoms with van der Waals surface area (Å²) in [6, 6.07) is 1.57. The Morgan fingerprint density at radius 3 is 2.43 bits per heavy atom. The van der Waals surface area contributed by atoms with Gasteiger partial charge in [0.05, 0.1) is 19.3 Å². The molecule has 0 spiro atoms. The second kappa shape index (κ2) is 5.79. The summed E-state index contributed by atoms with van der Waals surface area (Å²) < 4.78 is 4.96. The summed E-state index contributed by atoms with van der Waals surface area (Å²) in [6.45, 7) is 2.49. The van der Waals surface area contributed by atoms with Crippen molar-refractivity contribution in [3.05, 3.63) is 28.2 Å². The third-order valence-electron chi connectivity index (χ3n) is 4.74. The molecule has 116 valence electrons. The van der Waals surface area contributed by atoms with E-state index in [1.165, 1.54) is 7.11 Å². The van der Waals surface area contributed by atoms with E-state index < -0.39 is 12.2 Å². The highest BCUT2D eigenvalue weighted by molar-refractivity contribution is 5.20. The Bertz CT molecular complexity index is 541. The number of aromatic nitrogens is 1.